The number of furan rings is 1. The lowest BCUT2D eigenvalue weighted by Crippen LogP contribution is -2.22. The first-order valence-electron chi connectivity index (χ1n) is 9.26. The summed E-state index contributed by atoms with van der Waals surface area (Å²) in [5.41, 5.74) is 3.08. The Hall–Kier alpha value is -2.60. The summed E-state index contributed by atoms with van der Waals surface area (Å²) < 4.78 is 5.61. The second kappa shape index (κ2) is 7.56. The smallest absolute Gasteiger partial charge is 0.263 e. The number of amides is 1. The van der Waals surface area contributed by atoms with Crippen molar-refractivity contribution in [2.45, 2.75) is 33.2 Å². The average molecular weight is 382 g/mol. The van der Waals surface area contributed by atoms with E-state index in [9.17, 15) is 4.79 Å². The molecule has 5 nitrogen and oxygen atoms in total. The van der Waals surface area contributed by atoms with Crippen LogP contribution < -0.4 is 10.2 Å². The Balaban J connectivity index is 1.40. The number of aryl methyl sites for hydroxylation is 2. The molecular weight excluding hydrogens is 358 g/mol. The van der Waals surface area contributed by atoms with Crippen LogP contribution in [0.2, 0.25) is 0 Å². The molecule has 140 valence electrons. The molecule has 0 bridgehead atoms. The highest BCUT2D eigenvalue weighted by molar-refractivity contribution is 7.17. The van der Waals surface area contributed by atoms with E-state index in [1.807, 2.05) is 26.0 Å². The lowest BCUT2D eigenvalue weighted by molar-refractivity contribution is 0.0954. The van der Waals surface area contributed by atoms with Gasteiger partial charge in [0.2, 0.25) is 0 Å². The minimum absolute atomic E-state index is 0.0943. The lowest BCUT2D eigenvalue weighted by Gasteiger charge is -2.17. The van der Waals surface area contributed by atoms with Crippen molar-refractivity contribution in [1.29, 1.82) is 0 Å². The number of nitrogens with zero attached hydrogens (tertiary/aromatic N) is 2. The molecule has 6 heteroatoms. The Morgan fingerprint density at radius 1 is 1.15 bits per heavy atom. The summed E-state index contributed by atoms with van der Waals surface area (Å²) in [5, 5.41) is 3.74. The number of carbonyl (C=O) groups is 1. The second-order valence-electron chi connectivity index (χ2n) is 6.89. The van der Waals surface area contributed by atoms with Crippen molar-refractivity contribution in [1.82, 2.24) is 10.3 Å². The van der Waals surface area contributed by atoms with E-state index >= 15 is 0 Å². The van der Waals surface area contributed by atoms with Crippen LogP contribution in [0.4, 0.5) is 5.69 Å². The number of rotatable bonds is 5. The molecule has 4 rings (SSSR count). The van der Waals surface area contributed by atoms with Crippen molar-refractivity contribution in [2.24, 2.45) is 0 Å². The molecule has 0 unspecified atom stereocenters. The molecule has 0 radical (unpaired) electrons. The third-order valence-electron chi connectivity index (χ3n) is 4.81. The molecule has 1 N–H and O–H groups in total. The number of hydrogen-bond acceptors (Lipinski definition) is 5. The highest BCUT2D eigenvalue weighted by Crippen LogP contribution is 2.29. The number of thiazole rings is 1. The molecular formula is C21H23N3O2S. The number of benzene rings is 1. The van der Waals surface area contributed by atoms with Crippen LogP contribution in [-0.4, -0.2) is 24.0 Å². The fraction of sp³-hybridized carbons (Fsp3) is 0.333. The third-order valence-corrected chi connectivity index (χ3v) is 5.99. The summed E-state index contributed by atoms with van der Waals surface area (Å²) >= 11 is 1.36. The van der Waals surface area contributed by atoms with Crippen LogP contribution >= 0.6 is 11.3 Å². The first-order valence-corrected chi connectivity index (χ1v) is 10.1. The van der Waals surface area contributed by atoms with Crippen molar-refractivity contribution >= 4 is 22.9 Å². The summed E-state index contributed by atoms with van der Waals surface area (Å²) in [6.45, 7) is 6.53. The van der Waals surface area contributed by atoms with E-state index in [2.05, 4.69) is 39.5 Å². The van der Waals surface area contributed by atoms with Crippen molar-refractivity contribution in [3.05, 3.63) is 58.3 Å². The van der Waals surface area contributed by atoms with Crippen LogP contribution in [0, 0.1) is 13.8 Å². The van der Waals surface area contributed by atoms with Crippen LogP contribution in [0.25, 0.3) is 10.8 Å². The van der Waals surface area contributed by atoms with Gasteiger partial charge in [-0.1, -0.05) is 12.1 Å². The van der Waals surface area contributed by atoms with Gasteiger partial charge in [0, 0.05) is 25.3 Å². The highest BCUT2D eigenvalue weighted by atomic mass is 32.1. The van der Waals surface area contributed by atoms with E-state index < -0.39 is 0 Å². The molecule has 3 aromatic rings. The molecule has 1 amide bonds. The molecule has 0 saturated carbocycles. The van der Waals surface area contributed by atoms with Gasteiger partial charge in [-0.25, -0.2) is 4.98 Å². The number of aromatic nitrogens is 1. The maximum atomic E-state index is 12.6. The molecule has 1 aromatic carbocycles. The van der Waals surface area contributed by atoms with Crippen molar-refractivity contribution in [2.75, 3.05) is 18.0 Å². The Kier molecular flexibility index (Phi) is 4.99. The van der Waals surface area contributed by atoms with Crippen LogP contribution in [0.5, 0.6) is 0 Å². The van der Waals surface area contributed by atoms with Gasteiger partial charge < -0.3 is 14.6 Å². The maximum Gasteiger partial charge on any atom is 0.263 e. The fourth-order valence-corrected chi connectivity index (χ4v) is 4.27. The molecule has 1 aliphatic heterocycles. The van der Waals surface area contributed by atoms with Gasteiger partial charge in [-0.05, 0) is 56.5 Å². The number of hydrogen-bond donors (Lipinski definition) is 1. The van der Waals surface area contributed by atoms with Crippen LogP contribution in [0.15, 0.2) is 40.8 Å². The Morgan fingerprint density at radius 3 is 2.56 bits per heavy atom. The molecule has 0 spiro atoms. The van der Waals surface area contributed by atoms with Gasteiger partial charge in [-0.3, -0.25) is 4.79 Å². The molecule has 1 fully saturated rings. The second-order valence-corrected chi connectivity index (χ2v) is 7.89. The van der Waals surface area contributed by atoms with E-state index in [4.69, 9.17) is 4.42 Å². The lowest BCUT2D eigenvalue weighted by atomic mass is 10.2. The largest absolute Gasteiger partial charge is 0.459 e. The van der Waals surface area contributed by atoms with Crippen molar-refractivity contribution in [3.8, 4) is 10.8 Å². The minimum Gasteiger partial charge on any atom is -0.459 e. The number of carbonyl (C=O) groups excluding carboxylic acids is 1. The van der Waals surface area contributed by atoms with Gasteiger partial charge in [-0.2, -0.15) is 0 Å². The van der Waals surface area contributed by atoms with Gasteiger partial charge in [-0.15, -0.1) is 11.3 Å². The zero-order valence-corrected chi connectivity index (χ0v) is 16.4. The van der Waals surface area contributed by atoms with Crippen molar-refractivity contribution in [3.63, 3.8) is 0 Å². The normalized spacial score (nSPS) is 13.9. The third kappa shape index (κ3) is 3.90. The molecule has 2 aromatic heterocycles. The summed E-state index contributed by atoms with van der Waals surface area (Å²) in [7, 11) is 0. The van der Waals surface area contributed by atoms with Crippen LogP contribution in [0.1, 0.15) is 39.5 Å². The van der Waals surface area contributed by atoms with E-state index in [1.165, 1.54) is 29.9 Å². The van der Waals surface area contributed by atoms with Crippen LogP contribution in [-0.2, 0) is 6.54 Å². The molecule has 0 atom stereocenters. The Labute approximate surface area is 163 Å². The molecule has 1 saturated heterocycles. The topological polar surface area (TPSA) is 58.4 Å². The van der Waals surface area contributed by atoms with Gasteiger partial charge in [0.15, 0.2) is 10.8 Å². The fourth-order valence-electron chi connectivity index (χ4n) is 3.32. The zero-order chi connectivity index (χ0) is 18.8. The van der Waals surface area contributed by atoms with Crippen LogP contribution in [0.3, 0.4) is 0 Å². The van der Waals surface area contributed by atoms with E-state index in [-0.39, 0.29) is 5.91 Å². The standard InChI is InChI=1S/C21H23N3O2S/c1-14-5-10-18(26-14)21-23-15(2)19(27-21)20(25)22-13-16-6-8-17(9-7-16)24-11-3-4-12-24/h5-10H,3-4,11-13H2,1-2H3,(H,22,25). The predicted octanol–water partition coefficient (Wildman–Crippen LogP) is 4.55. The summed E-state index contributed by atoms with van der Waals surface area (Å²) in [6, 6.07) is 12.2. The first kappa shape index (κ1) is 17.8. The average Bonchev–Trinajstić information content (AvgIpc) is 3.41. The van der Waals surface area contributed by atoms with Gasteiger partial charge >= 0.3 is 0 Å². The molecule has 1 aliphatic rings. The molecule has 3 heterocycles. The molecule has 0 aliphatic carbocycles. The van der Waals surface area contributed by atoms with E-state index in [1.54, 1.807) is 0 Å². The highest BCUT2D eigenvalue weighted by Gasteiger charge is 2.18. The summed E-state index contributed by atoms with van der Waals surface area (Å²) in [4.78, 5) is 20.1. The monoisotopic (exact) mass is 381 g/mol. The SMILES string of the molecule is Cc1ccc(-c2nc(C)c(C(=O)NCc3ccc(N4CCCC4)cc3)s2)o1. The molecule has 27 heavy (non-hydrogen) atoms. The number of anilines is 1. The Bertz CT molecular complexity index is 937. The number of nitrogens with one attached hydrogen (secondary N) is 1. The Morgan fingerprint density at radius 2 is 1.89 bits per heavy atom. The van der Waals surface area contributed by atoms with Crippen molar-refractivity contribution < 1.29 is 9.21 Å². The maximum absolute atomic E-state index is 12.6. The minimum atomic E-state index is -0.0943. The van der Waals surface area contributed by atoms with E-state index in [0.29, 0.717) is 17.2 Å². The quantitative estimate of drug-likeness (QED) is 0.704. The van der Waals surface area contributed by atoms with Gasteiger partial charge in [0.05, 0.1) is 5.69 Å². The summed E-state index contributed by atoms with van der Waals surface area (Å²) in [5.74, 6) is 1.45. The van der Waals surface area contributed by atoms with E-state index in [0.717, 1.165) is 35.1 Å². The predicted molar refractivity (Wildman–Crippen MR) is 108 cm³/mol. The zero-order valence-electron chi connectivity index (χ0n) is 15.6. The summed E-state index contributed by atoms with van der Waals surface area (Å²) in [6.07, 6.45) is 2.54. The first-order chi connectivity index (χ1) is 13.1. The van der Waals surface area contributed by atoms with Gasteiger partial charge in [0.1, 0.15) is 10.6 Å². The van der Waals surface area contributed by atoms with Gasteiger partial charge in [0.25, 0.3) is 5.91 Å².